The number of hydrogen-bond acceptors (Lipinski definition) is 4. The largest absolute Gasteiger partial charge is 0.387 e. The van der Waals surface area contributed by atoms with Crippen LogP contribution in [0.1, 0.15) is 41.2 Å². The highest BCUT2D eigenvalue weighted by Gasteiger charge is 2.15. The Kier molecular flexibility index (Phi) is 6.71. The van der Waals surface area contributed by atoms with Gasteiger partial charge in [-0.25, -0.2) is 0 Å². The van der Waals surface area contributed by atoms with Gasteiger partial charge < -0.3 is 14.7 Å². The average Bonchev–Trinajstić information content (AvgIpc) is 2.90. The Morgan fingerprint density at radius 2 is 1.89 bits per heavy atom. The van der Waals surface area contributed by atoms with E-state index in [1.54, 1.807) is 25.1 Å². The molecule has 0 aliphatic rings. The van der Waals surface area contributed by atoms with Crippen LogP contribution in [0.4, 0.5) is 5.69 Å². The van der Waals surface area contributed by atoms with Gasteiger partial charge in [-0.3, -0.25) is 9.59 Å². The molecule has 142 valence electrons. The second kappa shape index (κ2) is 8.98. The van der Waals surface area contributed by atoms with Crippen LogP contribution in [0, 0.1) is 13.8 Å². The first-order valence-electron chi connectivity index (χ1n) is 8.69. The van der Waals surface area contributed by atoms with Crippen molar-refractivity contribution in [2.24, 2.45) is 5.16 Å². The number of nitrogens with one attached hydrogen (secondary N) is 1. The molecule has 0 spiro atoms. The van der Waals surface area contributed by atoms with Crippen molar-refractivity contribution in [3.8, 4) is 0 Å². The number of carbonyl (C=O) groups excluding carboxylic acids is 2. The molecule has 0 aliphatic heterocycles. The summed E-state index contributed by atoms with van der Waals surface area (Å²) in [5.41, 5.74) is 4.76. The number of carbonyl (C=O) groups is 2. The number of benzene rings is 1. The minimum Gasteiger partial charge on any atom is -0.387 e. The second-order valence-corrected chi connectivity index (χ2v) is 6.32. The molecule has 27 heavy (non-hydrogen) atoms. The van der Waals surface area contributed by atoms with E-state index in [9.17, 15) is 9.59 Å². The molecular weight excluding hydrogens is 342 g/mol. The number of oxime groups is 1. The van der Waals surface area contributed by atoms with Crippen LogP contribution in [-0.2, 0) is 16.2 Å². The number of anilines is 1. The highest BCUT2D eigenvalue weighted by molar-refractivity contribution is 6.00. The number of Topliss-reactive ketones (excluding diaryl/α,β-unsaturated/α-hetero) is 1. The monoisotopic (exact) mass is 367 g/mol. The van der Waals surface area contributed by atoms with Crippen molar-refractivity contribution >= 4 is 23.1 Å². The first kappa shape index (κ1) is 20.2. The third kappa shape index (κ3) is 5.17. The number of allylic oxidation sites excluding steroid dienone is 1. The summed E-state index contributed by atoms with van der Waals surface area (Å²) < 4.78 is 2.03. The number of aromatic nitrogens is 1. The van der Waals surface area contributed by atoms with E-state index in [-0.39, 0.29) is 18.3 Å². The zero-order valence-electron chi connectivity index (χ0n) is 16.2. The van der Waals surface area contributed by atoms with E-state index in [1.165, 1.54) is 6.92 Å². The fourth-order valence-electron chi connectivity index (χ4n) is 2.81. The van der Waals surface area contributed by atoms with Crippen molar-refractivity contribution in [2.45, 2.75) is 34.2 Å². The van der Waals surface area contributed by atoms with Crippen LogP contribution in [0.2, 0.25) is 0 Å². The van der Waals surface area contributed by atoms with Crippen molar-refractivity contribution < 1.29 is 14.4 Å². The molecule has 2 rings (SSSR count). The number of ketones is 1. The molecule has 0 atom stereocenters. The Labute approximate surface area is 159 Å². The molecule has 0 bridgehead atoms. The maximum atomic E-state index is 12.4. The minimum atomic E-state index is -0.125. The lowest BCUT2D eigenvalue weighted by Crippen LogP contribution is -2.10. The average molecular weight is 367 g/mol. The van der Waals surface area contributed by atoms with Gasteiger partial charge in [0, 0.05) is 36.1 Å². The van der Waals surface area contributed by atoms with Gasteiger partial charge in [0.25, 0.3) is 0 Å². The second-order valence-electron chi connectivity index (χ2n) is 6.32. The van der Waals surface area contributed by atoms with Crippen molar-refractivity contribution in [2.75, 3.05) is 11.9 Å². The number of amides is 1. The number of hydrogen-bond donors (Lipinski definition) is 1. The molecule has 1 aromatic heterocycles. The molecule has 6 heteroatoms. The molecule has 0 aliphatic carbocycles. The van der Waals surface area contributed by atoms with E-state index in [0.717, 1.165) is 17.0 Å². The summed E-state index contributed by atoms with van der Waals surface area (Å²) >= 11 is 0. The van der Waals surface area contributed by atoms with Gasteiger partial charge in [-0.2, -0.15) is 0 Å². The zero-order chi connectivity index (χ0) is 20.0. The predicted octanol–water partition coefficient (Wildman–Crippen LogP) is 3.87. The van der Waals surface area contributed by atoms with Crippen LogP contribution in [0.15, 0.2) is 48.1 Å². The third-order valence-corrected chi connectivity index (χ3v) is 4.21. The van der Waals surface area contributed by atoms with Gasteiger partial charge in [0.05, 0.1) is 5.71 Å². The molecule has 1 N–H and O–H groups in total. The van der Waals surface area contributed by atoms with Crippen LogP contribution in [-0.4, -0.2) is 28.6 Å². The van der Waals surface area contributed by atoms with Gasteiger partial charge in [0.2, 0.25) is 11.7 Å². The smallest absolute Gasteiger partial charge is 0.221 e. The third-order valence-electron chi connectivity index (χ3n) is 4.21. The summed E-state index contributed by atoms with van der Waals surface area (Å²) in [6, 6.07) is 9.10. The van der Waals surface area contributed by atoms with Gasteiger partial charge in [0.1, 0.15) is 0 Å². The fourth-order valence-corrected chi connectivity index (χ4v) is 2.81. The minimum absolute atomic E-state index is 0.115. The summed E-state index contributed by atoms with van der Waals surface area (Å²) in [5, 5.41) is 6.74. The first-order chi connectivity index (χ1) is 12.8. The summed E-state index contributed by atoms with van der Waals surface area (Å²) in [4.78, 5) is 28.7. The van der Waals surface area contributed by atoms with Crippen molar-refractivity contribution in [3.63, 3.8) is 0 Å². The Morgan fingerprint density at radius 1 is 1.22 bits per heavy atom. The van der Waals surface area contributed by atoms with E-state index in [4.69, 9.17) is 4.84 Å². The van der Waals surface area contributed by atoms with Crippen molar-refractivity contribution in [1.29, 1.82) is 0 Å². The topological polar surface area (TPSA) is 72.7 Å². The lowest BCUT2D eigenvalue weighted by atomic mass is 10.1. The Balaban J connectivity index is 2.00. The SMILES string of the molecule is C=CCn1c(C)cc(C(=O)CO/N=C(/C)c2ccc(NC(C)=O)cc2)c1C. The van der Waals surface area contributed by atoms with Crippen LogP contribution in [0.5, 0.6) is 0 Å². The van der Waals surface area contributed by atoms with Gasteiger partial charge >= 0.3 is 0 Å². The molecule has 2 aromatic rings. The van der Waals surface area contributed by atoms with Crippen LogP contribution in [0.25, 0.3) is 0 Å². The molecule has 1 aromatic carbocycles. The van der Waals surface area contributed by atoms with E-state index in [0.29, 0.717) is 23.5 Å². The maximum Gasteiger partial charge on any atom is 0.221 e. The maximum absolute atomic E-state index is 12.4. The van der Waals surface area contributed by atoms with Crippen molar-refractivity contribution in [3.05, 3.63) is 65.5 Å². The summed E-state index contributed by atoms with van der Waals surface area (Å²) in [7, 11) is 0. The number of aryl methyl sites for hydroxylation is 1. The van der Waals surface area contributed by atoms with Crippen LogP contribution >= 0.6 is 0 Å². The molecule has 1 amide bonds. The summed E-state index contributed by atoms with van der Waals surface area (Å²) in [5.74, 6) is -0.238. The van der Waals surface area contributed by atoms with E-state index in [2.05, 4.69) is 17.1 Å². The van der Waals surface area contributed by atoms with Gasteiger partial charge in [0.15, 0.2) is 6.61 Å². The Bertz CT molecular complexity index is 877. The van der Waals surface area contributed by atoms with Crippen LogP contribution in [0.3, 0.4) is 0 Å². The number of nitrogens with zero attached hydrogens (tertiary/aromatic N) is 2. The molecule has 6 nitrogen and oxygen atoms in total. The molecule has 0 unspecified atom stereocenters. The summed E-state index contributed by atoms with van der Waals surface area (Å²) in [6.07, 6.45) is 1.80. The van der Waals surface area contributed by atoms with Gasteiger partial charge in [-0.15, -0.1) is 6.58 Å². The first-order valence-corrected chi connectivity index (χ1v) is 8.69. The fraction of sp³-hybridized carbons (Fsp3) is 0.286. The van der Waals surface area contributed by atoms with Gasteiger partial charge in [-0.1, -0.05) is 23.4 Å². The van der Waals surface area contributed by atoms with Crippen molar-refractivity contribution in [1.82, 2.24) is 4.57 Å². The molecule has 0 saturated heterocycles. The molecule has 1 heterocycles. The van der Waals surface area contributed by atoms with E-state index in [1.807, 2.05) is 36.6 Å². The van der Waals surface area contributed by atoms with E-state index >= 15 is 0 Å². The lowest BCUT2D eigenvalue weighted by Gasteiger charge is -2.06. The highest BCUT2D eigenvalue weighted by Crippen LogP contribution is 2.16. The quantitative estimate of drug-likeness (QED) is 0.333. The Morgan fingerprint density at radius 3 is 2.48 bits per heavy atom. The van der Waals surface area contributed by atoms with Gasteiger partial charge in [-0.05, 0) is 44.5 Å². The van der Waals surface area contributed by atoms with E-state index < -0.39 is 0 Å². The molecule has 0 radical (unpaired) electrons. The molecular formula is C21H25N3O3. The highest BCUT2D eigenvalue weighted by atomic mass is 16.6. The summed E-state index contributed by atoms with van der Waals surface area (Å²) in [6.45, 7) is 11.4. The van der Waals surface area contributed by atoms with Crippen LogP contribution < -0.4 is 5.32 Å². The Hall–Kier alpha value is -3.15. The normalized spacial score (nSPS) is 11.2. The predicted molar refractivity (Wildman–Crippen MR) is 107 cm³/mol. The zero-order valence-corrected chi connectivity index (χ0v) is 16.2. The number of rotatable bonds is 8. The lowest BCUT2D eigenvalue weighted by molar-refractivity contribution is -0.114. The standard InChI is InChI=1S/C21H25N3O3/c1-6-11-24-14(2)12-20(16(24)4)21(26)13-27-23-15(3)18-7-9-19(10-8-18)22-17(5)25/h6-10,12H,1,11,13H2,2-5H3,(H,22,25)/b23-15-. The molecule has 0 saturated carbocycles. The molecule has 0 fully saturated rings.